The minimum atomic E-state index is -0.0569. The van der Waals surface area contributed by atoms with Crippen LogP contribution < -0.4 is 0 Å². The highest BCUT2D eigenvalue weighted by molar-refractivity contribution is 5.75. The molecule has 0 aromatic rings. The molecule has 0 aliphatic carbocycles. The summed E-state index contributed by atoms with van der Waals surface area (Å²) in [5, 5.41) is 0. The number of hydrogen-bond donors (Lipinski definition) is 0. The smallest absolute Gasteiger partial charge is 0.308 e. The molecule has 1 atom stereocenters. The Bertz CT molecular complexity index is 261. The molecule has 20 heavy (non-hydrogen) atoms. The topological polar surface area (TPSA) is 43.4 Å². The van der Waals surface area contributed by atoms with Gasteiger partial charge in [-0.05, 0) is 26.2 Å². The Morgan fingerprint density at radius 1 is 0.900 bits per heavy atom. The molecule has 0 aliphatic rings. The Morgan fingerprint density at radius 2 is 1.55 bits per heavy atom. The second-order valence-electron chi connectivity index (χ2n) is 5.66. The van der Waals surface area contributed by atoms with Gasteiger partial charge in [-0.15, -0.1) is 0 Å². The lowest BCUT2D eigenvalue weighted by Crippen LogP contribution is -2.19. The Kier molecular flexibility index (Phi) is 12.6. The lowest BCUT2D eigenvalue weighted by atomic mass is 9.95. The van der Waals surface area contributed by atoms with Gasteiger partial charge in [0.1, 0.15) is 5.78 Å². The van der Waals surface area contributed by atoms with Crippen molar-refractivity contribution in [1.82, 2.24) is 0 Å². The largest absolute Gasteiger partial charge is 0.465 e. The Balaban J connectivity index is 3.96. The monoisotopic (exact) mass is 284 g/mol. The lowest BCUT2D eigenvalue weighted by Gasteiger charge is -2.15. The van der Waals surface area contributed by atoms with Crippen LogP contribution in [0.5, 0.6) is 0 Å². The van der Waals surface area contributed by atoms with Gasteiger partial charge in [0, 0.05) is 6.42 Å². The number of carbonyl (C=O) groups is 2. The van der Waals surface area contributed by atoms with E-state index in [1.807, 2.05) is 0 Å². The molecule has 0 spiro atoms. The quantitative estimate of drug-likeness (QED) is 0.364. The predicted octanol–water partition coefficient (Wildman–Crippen LogP) is 4.68. The predicted molar refractivity (Wildman–Crippen MR) is 82.6 cm³/mol. The zero-order chi connectivity index (χ0) is 15.2. The summed E-state index contributed by atoms with van der Waals surface area (Å²) < 4.78 is 5.32. The van der Waals surface area contributed by atoms with Crippen LogP contribution in [0.15, 0.2) is 0 Å². The van der Waals surface area contributed by atoms with Crippen molar-refractivity contribution in [2.24, 2.45) is 5.92 Å². The molecule has 0 N–H and O–H groups in total. The Labute approximate surface area is 124 Å². The number of unbranched alkanes of at least 4 members (excludes halogenated alkanes) is 4. The van der Waals surface area contributed by atoms with Crippen molar-refractivity contribution in [3.05, 3.63) is 0 Å². The molecule has 0 saturated heterocycles. The minimum absolute atomic E-state index is 0.0569. The van der Waals surface area contributed by atoms with E-state index >= 15 is 0 Å². The zero-order valence-corrected chi connectivity index (χ0v) is 13.6. The van der Waals surface area contributed by atoms with Gasteiger partial charge in [0.2, 0.25) is 0 Å². The normalized spacial score (nSPS) is 12.2. The van der Waals surface area contributed by atoms with E-state index < -0.39 is 0 Å². The maximum atomic E-state index is 12.1. The van der Waals surface area contributed by atoms with Crippen molar-refractivity contribution < 1.29 is 14.3 Å². The zero-order valence-electron chi connectivity index (χ0n) is 13.6. The molecule has 0 aliphatic heterocycles. The molecule has 3 heteroatoms. The maximum Gasteiger partial charge on any atom is 0.308 e. The summed E-state index contributed by atoms with van der Waals surface area (Å²) in [4.78, 5) is 22.9. The van der Waals surface area contributed by atoms with Crippen LogP contribution in [0.3, 0.4) is 0 Å². The van der Waals surface area contributed by atoms with Crippen molar-refractivity contribution in [2.75, 3.05) is 6.61 Å². The first kappa shape index (κ1) is 19.1. The van der Waals surface area contributed by atoms with Crippen LogP contribution in [0.25, 0.3) is 0 Å². The Hall–Kier alpha value is -0.860. The van der Waals surface area contributed by atoms with Gasteiger partial charge >= 0.3 is 5.97 Å². The molecular formula is C17H32O3. The van der Waals surface area contributed by atoms with E-state index in [9.17, 15) is 9.59 Å². The summed E-state index contributed by atoms with van der Waals surface area (Å²) in [5.74, 6) is 0.158. The van der Waals surface area contributed by atoms with Crippen molar-refractivity contribution in [2.45, 2.75) is 85.0 Å². The average Bonchev–Trinajstić information content (AvgIpc) is 2.42. The van der Waals surface area contributed by atoms with Crippen LogP contribution in [-0.4, -0.2) is 18.4 Å². The molecule has 0 saturated carbocycles. The highest BCUT2D eigenvalue weighted by Gasteiger charge is 2.18. The van der Waals surface area contributed by atoms with Gasteiger partial charge < -0.3 is 9.53 Å². The second kappa shape index (κ2) is 13.1. The van der Waals surface area contributed by atoms with E-state index in [0.29, 0.717) is 19.4 Å². The summed E-state index contributed by atoms with van der Waals surface area (Å²) in [5.41, 5.74) is 0. The van der Waals surface area contributed by atoms with E-state index in [4.69, 9.17) is 4.74 Å². The van der Waals surface area contributed by atoms with Gasteiger partial charge in [-0.1, -0.05) is 52.4 Å². The van der Waals surface area contributed by atoms with E-state index in [1.54, 1.807) is 6.92 Å². The van der Waals surface area contributed by atoms with Crippen LogP contribution >= 0.6 is 0 Å². The first-order valence-corrected chi connectivity index (χ1v) is 8.27. The van der Waals surface area contributed by atoms with Crippen LogP contribution in [0.4, 0.5) is 0 Å². The summed E-state index contributed by atoms with van der Waals surface area (Å²) in [6.45, 7) is 6.29. The van der Waals surface area contributed by atoms with Gasteiger partial charge in [0.25, 0.3) is 0 Å². The van der Waals surface area contributed by atoms with Crippen molar-refractivity contribution in [3.63, 3.8) is 0 Å². The van der Waals surface area contributed by atoms with Gasteiger partial charge in [-0.3, -0.25) is 4.79 Å². The third-order valence-corrected chi connectivity index (χ3v) is 3.56. The van der Waals surface area contributed by atoms with E-state index in [-0.39, 0.29) is 17.7 Å². The molecule has 0 rings (SSSR count). The van der Waals surface area contributed by atoms with Gasteiger partial charge in [-0.2, -0.15) is 0 Å². The molecule has 0 fully saturated rings. The first-order valence-electron chi connectivity index (χ1n) is 8.27. The number of hydrogen-bond acceptors (Lipinski definition) is 3. The van der Waals surface area contributed by atoms with Crippen molar-refractivity contribution in [3.8, 4) is 0 Å². The molecule has 118 valence electrons. The van der Waals surface area contributed by atoms with Crippen LogP contribution in [-0.2, 0) is 14.3 Å². The van der Waals surface area contributed by atoms with Crippen LogP contribution in [0.1, 0.15) is 85.0 Å². The van der Waals surface area contributed by atoms with Gasteiger partial charge in [-0.25, -0.2) is 0 Å². The fourth-order valence-corrected chi connectivity index (χ4v) is 2.26. The van der Waals surface area contributed by atoms with Crippen molar-refractivity contribution >= 4 is 11.8 Å². The molecule has 0 bridgehead atoms. The molecule has 0 radical (unpaired) electrons. The summed E-state index contributed by atoms with van der Waals surface area (Å²) in [7, 11) is 0. The number of ketones is 1. The van der Waals surface area contributed by atoms with Gasteiger partial charge in [0.05, 0.1) is 12.5 Å². The molecular weight excluding hydrogens is 252 g/mol. The molecule has 0 heterocycles. The van der Waals surface area contributed by atoms with E-state index in [2.05, 4.69) is 13.8 Å². The first-order chi connectivity index (χ1) is 9.61. The van der Waals surface area contributed by atoms with Crippen LogP contribution in [0, 0.1) is 5.92 Å². The second-order valence-corrected chi connectivity index (χ2v) is 5.66. The van der Waals surface area contributed by atoms with Crippen LogP contribution in [0.2, 0.25) is 0 Å². The number of ether oxygens (including phenoxy) is 1. The van der Waals surface area contributed by atoms with E-state index in [0.717, 1.165) is 32.1 Å². The van der Waals surface area contributed by atoms with E-state index in [1.165, 1.54) is 19.3 Å². The number of rotatable bonds is 13. The molecule has 1 unspecified atom stereocenters. The average molecular weight is 284 g/mol. The summed E-state index contributed by atoms with van der Waals surface area (Å²) in [6.07, 6.45) is 10.0. The molecule has 3 nitrogen and oxygen atoms in total. The maximum absolute atomic E-state index is 12.1. The highest BCUT2D eigenvalue weighted by Crippen LogP contribution is 2.19. The molecule has 0 aromatic carbocycles. The van der Waals surface area contributed by atoms with Crippen molar-refractivity contribution in [1.29, 1.82) is 0 Å². The third-order valence-electron chi connectivity index (χ3n) is 3.56. The standard InChI is InChI=1S/C17H32O3/c1-4-6-8-9-13-16(12-7-5-2)17(19)20-14-10-11-15(3)18/h16H,4-14H2,1-3H3. The number of esters is 1. The number of carbonyl (C=O) groups excluding carboxylic acids is 2. The SMILES string of the molecule is CCCCCCC(CCCC)C(=O)OCCCC(C)=O. The highest BCUT2D eigenvalue weighted by atomic mass is 16.5. The molecule has 0 aromatic heterocycles. The lowest BCUT2D eigenvalue weighted by molar-refractivity contribution is -0.149. The Morgan fingerprint density at radius 3 is 2.15 bits per heavy atom. The third kappa shape index (κ3) is 11.0. The summed E-state index contributed by atoms with van der Waals surface area (Å²) in [6, 6.07) is 0. The fourth-order valence-electron chi connectivity index (χ4n) is 2.26. The van der Waals surface area contributed by atoms with Gasteiger partial charge in [0.15, 0.2) is 0 Å². The summed E-state index contributed by atoms with van der Waals surface area (Å²) >= 11 is 0. The number of Topliss-reactive ketones (excluding diaryl/α,β-unsaturated/α-hetero) is 1. The molecule has 0 amide bonds. The fraction of sp³-hybridized carbons (Fsp3) is 0.882. The minimum Gasteiger partial charge on any atom is -0.465 e.